The summed E-state index contributed by atoms with van der Waals surface area (Å²) < 4.78 is 21.8. The zero-order valence-corrected chi connectivity index (χ0v) is 11.3. The van der Waals surface area contributed by atoms with Crippen molar-refractivity contribution in [1.82, 2.24) is 15.3 Å². The van der Waals surface area contributed by atoms with Crippen LogP contribution < -0.4 is 5.32 Å². The Balaban J connectivity index is 1.87. The average Bonchev–Trinajstić information content (AvgIpc) is 2.68. The number of carbonyl (C=O) groups is 1. The Kier molecular flexibility index (Phi) is 3.84. The van der Waals surface area contributed by atoms with E-state index >= 15 is 0 Å². The van der Waals surface area contributed by atoms with Crippen LogP contribution in [0.15, 0.2) is 24.3 Å². The summed E-state index contributed by atoms with van der Waals surface area (Å²) in [7, 11) is -3.27. The van der Waals surface area contributed by atoms with E-state index in [1.165, 1.54) is 0 Å². The second-order valence-electron chi connectivity index (χ2n) is 4.37. The Morgan fingerprint density at radius 2 is 2.11 bits per heavy atom. The molecule has 0 spiro atoms. The molecule has 1 aromatic carbocycles. The van der Waals surface area contributed by atoms with Gasteiger partial charge in [-0.1, -0.05) is 12.1 Å². The first-order valence-electron chi connectivity index (χ1n) is 5.82. The van der Waals surface area contributed by atoms with Crippen molar-refractivity contribution < 1.29 is 13.2 Å². The summed E-state index contributed by atoms with van der Waals surface area (Å²) in [4.78, 5) is 18.8. The highest BCUT2D eigenvalue weighted by molar-refractivity contribution is 7.91. The maximum atomic E-state index is 11.3. The highest BCUT2D eigenvalue weighted by Gasteiger charge is 2.10. The Bertz CT molecular complexity index is 658. The number of fused-ring (bicyclic) bond motifs is 1. The molecule has 0 saturated heterocycles. The standard InChI is InChI=1S/C12H15N3O3S/c1-19(17,18)8-12(16)13-7-6-11-14-9-4-2-3-5-10(9)15-11/h2-5H,6-8H2,1H3,(H,13,16)(H,14,15). The van der Waals surface area contributed by atoms with Crippen molar-refractivity contribution in [3.05, 3.63) is 30.1 Å². The minimum absolute atomic E-state index is 0.355. The van der Waals surface area contributed by atoms with E-state index in [9.17, 15) is 13.2 Å². The molecule has 0 fully saturated rings. The van der Waals surface area contributed by atoms with E-state index in [0.717, 1.165) is 23.1 Å². The molecule has 2 rings (SSSR count). The number of hydrogen-bond donors (Lipinski definition) is 2. The fourth-order valence-electron chi connectivity index (χ4n) is 1.73. The van der Waals surface area contributed by atoms with Gasteiger partial charge in [0.2, 0.25) is 5.91 Å². The summed E-state index contributed by atoms with van der Waals surface area (Å²) in [5.74, 6) is -0.202. The van der Waals surface area contributed by atoms with Crippen molar-refractivity contribution in [3.63, 3.8) is 0 Å². The van der Waals surface area contributed by atoms with Crippen molar-refractivity contribution in [2.75, 3.05) is 18.6 Å². The number of sulfone groups is 1. The topological polar surface area (TPSA) is 91.9 Å². The largest absolute Gasteiger partial charge is 0.355 e. The third kappa shape index (κ3) is 4.06. The molecular formula is C12H15N3O3S. The van der Waals surface area contributed by atoms with Gasteiger partial charge in [0.05, 0.1) is 11.0 Å². The van der Waals surface area contributed by atoms with Crippen LogP contribution in [0.2, 0.25) is 0 Å². The second kappa shape index (κ2) is 5.40. The molecule has 2 N–H and O–H groups in total. The van der Waals surface area contributed by atoms with Gasteiger partial charge in [-0.3, -0.25) is 4.79 Å². The quantitative estimate of drug-likeness (QED) is 0.822. The van der Waals surface area contributed by atoms with Gasteiger partial charge in [0.15, 0.2) is 9.84 Å². The number of amides is 1. The average molecular weight is 281 g/mol. The maximum Gasteiger partial charge on any atom is 0.235 e. The first-order chi connectivity index (χ1) is 8.94. The molecule has 7 heteroatoms. The van der Waals surface area contributed by atoms with Crippen LogP contribution in [0.4, 0.5) is 0 Å². The lowest BCUT2D eigenvalue weighted by molar-refractivity contribution is -0.118. The van der Waals surface area contributed by atoms with Crippen LogP contribution in [-0.4, -0.2) is 42.8 Å². The third-order valence-corrected chi connectivity index (χ3v) is 3.30. The number of aromatic nitrogens is 2. The molecule has 0 unspecified atom stereocenters. The predicted octanol–water partition coefficient (Wildman–Crippen LogP) is 0.266. The lowest BCUT2D eigenvalue weighted by Crippen LogP contribution is -2.31. The lowest BCUT2D eigenvalue weighted by atomic mass is 10.3. The molecule has 0 aliphatic carbocycles. The van der Waals surface area contributed by atoms with E-state index in [1.807, 2.05) is 24.3 Å². The molecule has 0 saturated carbocycles. The number of carbonyl (C=O) groups excluding carboxylic acids is 1. The number of para-hydroxylation sites is 2. The van der Waals surface area contributed by atoms with E-state index in [0.29, 0.717) is 13.0 Å². The van der Waals surface area contributed by atoms with Gasteiger partial charge >= 0.3 is 0 Å². The van der Waals surface area contributed by atoms with Crippen molar-refractivity contribution in [2.24, 2.45) is 0 Å². The van der Waals surface area contributed by atoms with E-state index in [1.54, 1.807) is 0 Å². The van der Waals surface area contributed by atoms with Gasteiger partial charge in [0.1, 0.15) is 11.6 Å². The van der Waals surface area contributed by atoms with Gasteiger partial charge in [-0.25, -0.2) is 13.4 Å². The van der Waals surface area contributed by atoms with Crippen LogP contribution in [0.25, 0.3) is 11.0 Å². The van der Waals surface area contributed by atoms with Gasteiger partial charge in [-0.05, 0) is 12.1 Å². The van der Waals surface area contributed by atoms with E-state index < -0.39 is 21.5 Å². The molecule has 0 radical (unpaired) electrons. The summed E-state index contributed by atoms with van der Waals surface area (Å²) in [6.45, 7) is 0.355. The molecule has 2 aromatic rings. The smallest absolute Gasteiger partial charge is 0.235 e. The third-order valence-electron chi connectivity index (χ3n) is 2.52. The van der Waals surface area contributed by atoms with Gasteiger partial charge in [-0.15, -0.1) is 0 Å². The van der Waals surface area contributed by atoms with Crippen molar-refractivity contribution >= 4 is 26.8 Å². The fourth-order valence-corrected chi connectivity index (χ4v) is 2.31. The van der Waals surface area contributed by atoms with E-state index in [4.69, 9.17) is 0 Å². The Morgan fingerprint density at radius 1 is 1.37 bits per heavy atom. The highest BCUT2D eigenvalue weighted by Crippen LogP contribution is 2.10. The summed E-state index contributed by atoms with van der Waals surface area (Å²) in [5.41, 5.74) is 1.82. The number of aromatic amines is 1. The van der Waals surface area contributed by atoms with Crippen molar-refractivity contribution in [2.45, 2.75) is 6.42 Å². The molecule has 102 valence electrons. The minimum Gasteiger partial charge on any atom is -0.355 e. The molecule has 0 bridgehead atoms. The molecule has 19 heavy (non-hydrogen) atoms. The zero-order chi connectivity index (χ0) is 13.9. The van der Waals surface area contributed by atoms with Crippen LogP contribution >= 0.6 is 0 Å². The first-order valence-corrected chi connectivity index (χ1v) is 7.88. The zero-order valence-electron chi connectivity index (χ0n) is 10.5. The fraction of sp³-hybridized carbons (Fsp3) is 0.333. The molecule has 6 nitrogen and oxygen atoms in total. The van der Waals surface area contributed by atoms with Crippen molar-refractivity contribution in [1.29, 1.82) is 0 Å². The molecule has 0 atom stereocenters. The maximum absolute atomic E-state index is 11.3. The SMILES string of the molecule is CS(=O)(=O)CC(=O)NCCc1nc2ccccc2[nH]1. The summed E-state index contributed by atoms with van der Waals surface area (Å²) >= 11 is 0. The predicted molar refractivity (Wildman–Crippen MR) is 72.5 cm³/mol. The lowest BCUT2D eigenvalue weighted by Gasteiger charge is -2.02. The van der Waals surface area contributed by atoms with Crippen LogP contribution in [0, 0.1) is 0 Å². The van der Waals surface area contributed by atoms with Crippen LogP contribution in [0.3, 0.4) is 0 Å². The second-order valence-corrected chi connectivity index (χ2v) is 6.51. The molecule has 1 aromatic heterocycles. The number of rotatable bonds is 5. The van der Waals surface area contributed by atoms with Gasteiger partial charge < -0.3 is 10.3 Å². The number of H-pyrrole nitrogens is 1. The number of benzene rings is 1. The number of nitrogens with zero attached hydrogens (tertiary/aromatic N) is 1. The van der Waals surface area contributed by atoms with Crippen LogP contribution in [-0.2, 0) is 21.1 Å². The van der Waals surface area contributed by atoms with Crippen LogP contribution in [0.5, 0.6) is 0 Å². The van der Waals surface area contributed by atoms with Gasteiger partial charge in [-0.2, -0.15) is 0 Å². The van der Waals surface area contributed by atoms with E-state index in [-0.39, 0.29) is 0 Å². The Labute approximate surface area is 111 Å². The Morgan fingerprint density at radius 3 is 2.79 bits per heavy atom. The molecule has 1 heterocycles. The number of hydrogen-bond acceptors (Lipinski definition) is 4. The summed E-state index contributed by atoms with van der Waals surface area (Å²) in [6.07, 6.45) is 1.57. The normalized spacial score (nSPS) is 11.6. The first kappa shape index (κ1) is 13.5. The molecule has 0 aliphatic rings. The van der Waals surface area contributed by atoms with Gasteiger partial charge in [0, 0.05) is 19.2 Å². The monoisotopic (exact) mass is 281 g/mol. The number of imidazole rings is 1. The van der Waals surface area contributed by atoms with E-state index in [2.05, 4.69) is 15.3 Å². The Hall–Kier alpha value is -1.89. The van der Waals surface area contributed by atoms with Gasteiger partial charge in [0.25, 0.3) is 0 Å². The number of nitrogens with one attached hydrogen (secondary N) is 2. The van der Waals surface area contributed by atoms with Crippen molar-refractivity contribution in [3.8, 4) is 0 Å². The molecular weight excluding hydrogens is 266 g/mol. The molecule has 0 aliphatic heterocycles. The van der Waals surface area contributed by atoms with Crippen LogP contribution in [0.1, 0.15) is 5.82 Å². The summed E-state index contributed by atoms with van der Waals surface area (Å²) in [6, 6.07) is 7.64. The molecule has 1 amide bonds. The summed E-state index contributed by atoms with van der Waals surface area (Å²) in [5, 5.41) is 2.55. The minimum atomic E-state index is -3.27. The highest BCUT2D eigenvalue weighted by atomic mass is 32.2.